The predicted octanol–water partition coefficient (Wildman–Crippen LogP) is 3.89. The molecular formula is C21H21NO4S. The van der Waals surface area contributed by atoms with Gasteiger partial charge in [-0.25, -0.2) is 8.42 Å². The van der Waals surface area contributed by atoms with Gasteiger partial charge < -0.3 is 5.11 Å². The van der Waals surface area contributed by atoms with E-state index in [1.165, 1.54) is 12.1 Å². The largest absolute Gasteiger partial charge is 0.480 e. The molecule has 27 heavy (non-hydrogen) atoms. The molecule has 140 valence electrons. The van der Waals surface area contributed by atoms with Crippen LogP contribution in [0.1, 0.15) is 13.8 Å². The molecule has 0 aliphatic carbocycles. The van der Waals surface area contributed by atoms with Crippen LogP contribution in [0.3, 0.4) is 0 Å². The summed E-state index contributed by atoms with van der Waals surface area (Å²) >= 11 is 0. The van der Waals surface area contributed by atoms with Gasteiger partial charge in [0.2, 0.25) is 10.0 Å². The number of hydrogen-bond acceptors (Lipinski definition) is 3. The van der Waals surface area contributed by atoms with Crippen LogP contribution in [-0.2, 0) is 14.8 Å². The summed E-state index contributed by atoms with van der Waals surface area (Å²) in [5.41, 5.74) is 1.87. The smallest absolute Gasteiger partial charge is 0.322 e. The Labute approximate surface area is 158 Å². The van der Waals surface area contributed by atoms with Gasteiger partial charge in [0.15, 0.2) is 0 Å². The van der Waals surface area contributed by atoms with E-state index in [1.807, 2.05) is 36.4 Å². The SMILES string of the molecule is CC(C)C(NS(=O)(=O)c1ccc(-c2ccc3ccccc3c2)cc1)C(=O)O. The third kappa shape index (κ3) is 4.18. The minimum absolute atomic E-state index is 0.0407. The lowest BCUT2D eigenvalue weighted by atomic mass is 10.0. The summed E-state index contributed by atoms with van der Waals surface area (Å²) in [6.07, 6.45) is 0. The number of aliphatic carboxylic acids is 1. The Balaban J connectivity index is 1.88. The molecule has 3 rings (SSSR count). The Morgan fingerprint density at radius 3 is 2.07 bits per heavy atom. The molecule has 0 amide bonds. The van der Waals surface area contributed by atoms with Crippen molar-refractivity contribution in [1.29, 1.82) is 0 Å². The van der Waals surface area contributed by atoms with Crippen molar-refractivity contribution in [3.63, 3.8) is 0 Å². The fourth-order valence-corrected chi connectivity index (χ4v) is 4.24. The molecule has 0 radical (unpaired) electrons. The molecule has 0 saturated heterocycles. The summed E-state index contributed by atoms with van der Waals surface area (Å²) in [5.74, 6) is -1.56. The number of carboxylic acids is 1. The molecule has 0 fully saturated rings. The number of carboxylic acid groups (broad SMARTS) is 1. The van der Waals surface area contributed by atoms with Gasteiger partial charge in [-0.1, -0.05) is 62.4 Å². The van der Waals surface area contributed by atoms with E-state index in [0.29, 0.717) is 0 Å². The van der Waals surface area contributed by atoms with E-state index in [1.54, 1.807) is 26.0 Å². The monoisotopic (exact) mass is 383 g/mol. The lowest BCUT2D eigenvalue weighted by molar-refractivity contribution is -0.140. The number of sulfonamides is 1. The summed E-state index contributed by atoms with van der Waals surface area (Å²) in [5, 5.41) is 11.4. The van der Waals surface area contributed by atoms with Gasteiger partial charge in [0.25, 0.3) is 0 Å². The topological polar surface area (TPSA) is 83.5 Å². The Hall–Kier alpha value is -2.70. The van der Waals surface area contributed by atoms with Crippen LogP contribution in [0.15, 0.2) is 71.6 Å². The average Bonchev–Trinajstić information content (AvgIpc) is 2.65. The summed E-state index contributed by atoms with van der Waals surface area (Å²) in [7, 11) is -3.91. The van der Waals surface area contributed by atoms with Crippen molar-refractivity contribution in [2.24, 2.45) is 5.92 Å². The van der Waals surface area contributed by atoms with E-state index in [2.05, 4.69) is 10.8 Å². The van der Waals surface area contributed by atoms with Crippen molar-refractivity contribution in [1.82, 2.24) is 4.72 Å². The molecule has 3 aromatic rings. The quantitative estimate of drug-likeness (QED) is 0.676. The van der Waals surface area contributed by atoms with Crippen LogP contribution in [0, 0.1) is 5.92 Å². The zero-order valence-corrected chi connectivity index (χ0v) is 15.9. The first kappa shape index (κ1) is 19.1. The second-order valence-electron chi connectivity index (χ2n) is 6.77. The Bertz CT molecular complexity index is 1070. The standard InChI is InChI=1S/C21H21NO4S/c1-14(2)20(21(23)24)22-27(25,26)19-11-9-16(10-12-19)18-8-7-15-5-3-4-6-17(15)13-18/h3-14,20,22H,1-2H3,(H,23,24). The van der Waals surface area contributed by atoms with Crippen LogP contribution in [0.2, 0.25) is 0 Å². The van der Waals surface area contributed by atoms with E-state index in [0.717, 1.165) is 21.9 Å². The molecule has 2 N–H and O–H groups in total. The molecule has 6 heteroatoms. The highest BCUT2D eigenvalue weighted by atomic mass is 32.2. The van der Waals surface area contributed by atoms with Gasteiger partial charge in [0, 0.05) is 0 Å². The molecule has 3 aromatic carbocycles. The third-order valence-electron chi connectivity index (χ3n) is 4.46. The van der Waals surface area contributed by atoms with Crippen molar-refractivity contribution in [2.45, 2.75) is 24.8 Å². The first-order valence-corrected chi connectivity index (χ1v) is 10.1. The van der Waals surface area contributed by atoms with Gasteiger partial charge in [0.1, 0.15) is 6.04 Å². The maximum atomic E-state index is 12.5. The van der Waals surface area contributed by atoms with E-state index in [-0.39, 0.29) is 10.8 Å². The van der Waals surface area contributed by atoms with Crippen LogP contribution in [0.25, 0.3) is 21.9 Å². The number of carbonyl (C=O) groups is 1. The van der Waals surface area contributed by atoms with Gasteiger partial charge in [-0.3, -0.25) is 4.79 Å². The Kier molecular flexibility index (Phi) is 5.30. The molecule has 5 nitrogen and oxygen atoms in total. The second kappa shape index (κ2) is 7.50. The predicted molar refractivity (Wildman–Crippen MR) is 106 cm³/mol. The first-order chi connectivity index (χ1) is 12.8. The van der Waals surface area contributed by atoms with Gasteiger partial charge in [0.05, 0.1) is 4.90 Å². The molecule has 0 spiro atoms. The van der Waals surface area contributed by atoms with Gasteiger partial charge in [-0.15, -0.1) is 0 Å². The minimum atomic E-state index is -3.91. The number of benzene rings is 3. The lowest BCUT2D eigenvalue weighted by Gasteiger charge is -2.18. The fraction of sp³-hybridized carbons (Fsp3) is 0.190. The maximum Gasteiger partial charge on any atom is 0.322 e. The maximum absolute atomic E-state index is 12.5. The summed E-state index contributed by atoms with van der Waals surface area (Å²) < 4.78 is 27.3. The number of rotatable bonds is 6. The molecular weight excluding hydrogens is 362 g/mol. The van der Waals surface area contributed by atoms with Crippen LogP contribution < -0.4 is 4.72 Å². The Morgan fingerprint density at radius 2 is 1.48 bits per heavy atom. The zero-order chi connectivity index (χ0) is 19.6. The van der Waals surface area contributed by atoms with Crippen molar-refractivity contribution in [2.75, 3.05) is 0 Å². The molecule has 0 aliphatic heterocycles. The third-order valence-corrected chi connectivity index (χ3v) is 5.92. The fourth-order valence-electron chi connectivity index (χ4n) is 2.90. The molecule has 1 unspecified atom stereocenters. The van der Waals surface area contributed by atoms with Gasteiger partial charge >= 0.3 is 5.97 Å². The molecule has 0 aliphatic rings. The van der Waals surface area contributed by atoms with Crippen LogP contribution in [0.5, 0.6) is 0 Å². The average molecular weight is 383 g/mol. The summed E-state index contributed by atoms with van der Waals surface area (Å²) in [6.45, 7) is 3.31. The first-order valence-electron chi connectivity index (χ1n) is 8.62. The van der Waals surface area contributed by atoms with E-state index in [4.69, 9.17) is 0 Å². The molecule has 1 atom stereocenters. The molecule has 0 bridgehead atoms. The lowest BCUT2D eigenvalue weighted by Crippen LogP contribution is -2.44. The van der Waals surface area contributed by atoms with Crippen LogP contribution in [0.4, 0.5) is 0 Å². The Morgan fingerprint density at radius 1 is 0.889 bits per heavy atom. The summed E-state index contributed by atoms with van der Waals surface area (Å²) in [4.78, 5) is 11.3. The second-order valence-corrected chi connectivity index (χ2v) is 8.48. The van der Waals surface area contributed by atoms with Crippen molar-refractivity contribution in [3.8, 4) is 11.1 Å². The van der Waals surface area contributed by atoms with Crippen molar-refractivity contribution in [3.05, 3.63) is 66.7 Å². The van der Waals surface area contributed by atoms with Crippen molar-refractivity contribution >= 4 is 26.8 Å². The molecule has 0 heterocycles. The number of nitrogens with one attached hydrogen (secondary N) is 1. The van der Waals surface area contributed by atoms with Crippen LogP contribution in [-0.4, -0.2) is 25.5 Å². The highest BCUT2D eigenvalue weighted by Crippen LogP contribution is 2.25. The van der Waals surface area contributed by atoms with E-state index in [9.17, 15) is 18.3 Å². The van der Waals surface area contributed by atoms with E-state index < -0.39 is 22.0 Å². The van der Waals surface area contributed by atoms with Gasteiger partial charge in [-0.05, 0) is 46.0 Å². The van der Waals surface area contributed by atoms with E-state index >= 15 is 0 Å². The molecule has 0 saturated carbocycles. The number of hydrogen-bond donors (Lipinski definition) is 2. The minimum Gasteiger partial charge on any atom is -0.480 e. The normalized spacial score (nSPS) is 13.0. The molecule has 0 aromatic heterocycles. The number of fused-ring (bicyclic) bond motifs is 1. The van der Waals surface area contributed by atoms with Gasteiger partial charge in [-0.2, -0.15) is 4.72 Å². The zero-order valence-electron chi connectivity index (χ0n) is 15.1. The van der Waals surface area contributed by atoms with Crippen molar-refractivity contribution < 1.29 is 18.3 Å². The van der Waals surface area contributed by atoms with Crippen LogP contribution >= 0.6 is 0 Å². The summed E-state index contributed by atoms with van der Waals surface area (Å²) in [6, 6.07) is 19.3. The highest BCUT2D eigenvalue weighted by Gasteiger charge is 2.27. The highest BCUT2D eigenvalue weighted by molar-refractivity contribution is 7.89.